The fourth-order valence-electron chi connectivity index (χ4n) is 11.5. The molecule has 0 amide bonds. The number of aromatic nitrogens is 6. The molecule has 16 nitrogen and oxygen atoms in total. The summed E-state index contributed by atoms with van der Waals surface area (Å²) < 4.78 is 0. The first-order valence-corrected chi connectivity index (χ1v) is 24.0. The molecular weight excluding hydrogens is 853 g/mol. The summed E-state index contributed by atoms with van der Waals surface area (Å²) in [5.74, 6) is 8.30. The van der Waals surface area contributed by atoms with Crippen LogP contribution in [0.1, 0.15) is 67.9 Å². The molecule has 6 unspecified atom stereocenters. The van der Waals surface area contributed by atoms with Gasteiger partial charge in [-0.1, -0.05) is 24.1 Å². The summed E-state index contributed by atoms with van der Waals surface area (Å²) in [6, 6.07) is 26.8. The van der Waals surface area contributed by atoms with Crippen LogP contribution < -0.4 is 42.1 Å². The van der Waals surface area contributed by atoms with E-state index in [4.69, 9.17) is 17.2 Å². The largest absolute Gasteiger partial charge is 0.507 e. The molecular formula is C52H58N14O2. The third kappa shape index (κ3) is 8.52. The number of fused-ring (bicyclic) bond motifs is 4. The van der Waals surface area contributed by atoms with E-state index in [2.05, 4.69) is 91.4 Å². The van der Waals surface area contributed by atoms with Gasteiger partial charge in [0.05, 0.1) is 22.8 Å². The molecule has 348 valence electrons. The minimum atomic E-state index is 0.112. The van der Waals surface area contributed by atoms with Crippen molar-refractivity contribution in [3.05, 3.63) is 108 Å². The monoisotopic (exact) mass is 910 g/mol. The van der Waals surface area contributed by atoms with Crippen LogP contribution in [-0.4, -0.2) is 104 Å². The highest BCUT2D eigenvalue weighted by Gasteiger charge is 2.42. The Balaban J connectivity index is 0.724. The van der Waals surface area contributed by atoms with Gasteiger partial charge >= 0.3 is 0 Å². The lowest BCUT2D eigenvalue weighted by Gasteiger charge is -2.43. The van der Waals surface area contributed by atoms with E-state index >= 15 is 0 Å². The average Bonchev–Trinajstić information content (AvgIpc) is 4.02. The van der Waals surface area contributed by atoms with Gasteiger partial charge in [0.25, 0.3) is 0 Å². The Morgan fingerprint density at radius 3 is 1.91 bits per heavy atom. The summed E-state index contributed by atoms with van der Waals surface area (Å²) in [5, 5.41) is 42.8. The molecule has 4 aromatic heterocycles. The molecule has 0 aliphatic carbocycles. The summed E-state index contributed by atoms with van der Waals surface area (Å²) in [6.07, 6.45) is 11.6. The molecule has 68 heavy (non-hydrogen) atoms. The van der Waals surface area contributed by atoms with Crippen molar-refractivity contribution >= 4 is 34.4 Å². The van der Waals surface area contributed by atoms with Crippen molar-refractivity contribution in [2.24, 2.45) is 11.7 Å². The molecule has 0 radical (unpaired) electrons. The predicted molar refractivity (Wildman–Crippen MR) is 266 cm³/mol. The Morgan fingerprint density at radius 1 is 0.662 bits per heavy atom. The third-order valence-corrected chi connectivity index (χ3v) is 14.7. The molecule has 2 aromatic carbocycles. The van der Waals surface area contributed by atoms with Crippen LogP contribution >= 0.6 is 0 Å². The first kappa shape index (κ1) is 43.4. The quantitative estimate of drug-likeness (QED) is 0.0863. The van der Waals surface area contributed by atoms with Crippen molar-refractivity contribution in [2.75, 3.05) is 70.3 Å². The molecule has 5 aliphatic rings. The van der Waals surface area contributed by atoms with Gasteiger partial charge in [-0.25, -0.2) is 4.98 Å². The number of rotatable bonds is 11. The fourth-order valence-corrected chi connectivity index (χ4v) is 11.5. The SMILES string of the molecule is NCCCc1cc(N2C3CCC2CN(c2cc(-c4cc(C5CC(CC#Cc6cc(N7C8CCC7CN(c7cc(-c9ccccc9O)nnc7N)C8)ccn6)CN5)ccc4O)nnc2N)C3)ccn1. The summed E-state index contributed by atoms with van der Waals surface area (Å²) in [5.41, 5.74) is 28.2. The lowest BCUT2D eigenvalue weighted by molar-refractivity contribution is 0.476. The maximum atomic E-state index is 11.2. The Kier molecular flexibility index (Phi) is 11.8. The molecule has 0 saturated carbocycles. The van der Waals surface area contributed by atoms with Crippen molar-refractivity contribution in [1.82, 2.24) is 35.7 Å². The lowest BCUT2D eigenvalue weighted by atomic mass is 9.95. The van der Waals surface area contributed by atoms with Gasteiger partial charge in [-0.15, -0.1) is 20.4 Å². The number of phenols is 2. The first-order valence-electron chi connectivity index (χ1n) is 24.0. The molecule has 16 heteroatoms. The van der Waals surface area contributed by atoms with E-state index in [1.807, 2.05) is 48.8 Å². The van der Waals surface area contributed by atoms with Crippen LogP contribution in [0.15, 0.2) is 91.3 Å². The third-order valence-electron chi connectivity index (χ3n) is 14.7. The number of nitrogens with one attached hydrogen (secondary N) is 1. The number of benzene rings is 2. The van der Waals surface area contributed by atoms with Gasteiger partial charge in [0.1, 0.15) is 17.2 Å². The number of pyridine rings is 2. The van der Waals surface area contributed by atoms with Crippen molar-refractivity contribution in [1.29, 1.82) is 0 Å². The van der Waals surface area contributed by atoms with Crippen LogP contribution in [-0.2, 0) is 6.42 Å². The standard InChI is InChI=1S/C52H58N14O2/c53-18-4-7-35-24-37(17-20-57-35)66-40-13-14-41(66)31-64(30-40)48-26-46(60-62-52(48)55)43-22-33(10-15-50(43)68)44-21-32(27-58-44)5-3-6-34-23-36(16-19-56-34)65-38-11-12-39(65)29-63(28-38)47-25-45(59-61-51(47)54)42-8-1-2-9-49(42)67/h1-2,8-10,15-17,19-20,22-26,32,38-41,44,58,67-68H,4-5,7,11-14,18,21,27-31,53H2,(H2,54,61)(H2,55,62). The molecule has 11 rings (SSSR count). The first-order chi connectivity index (χ1) is 33.3. The maximum Gasteiger partial charge on any atom is 0.169 e. The number of nitrogens with zero attached hydrogens (tertiary/aromatic N) is 10. The van der Waals surface area contributed by atoms with Gasteiger partial charge < -0.3 is 52.3 Å². The summed E-state index contributed by atoms with van der Waals surface area (Å²) >= 11 is 0. The number of aromatic hydroxyl groups is 2. The van der Waals surface area contributed by atoms with Crippen LogP contribution in [0.2, 0.25) is 0 Å². The van der Waals surface area contributed by atoms with Crippen LogP contribution in [0.5, 0.6) is 11.5 Å². The number of nitrogens with two attached hydrogens (primary N) is 3. The number of anilines is 6. The molecule has 5 fully saturated rings. The number of piperazine rings is 2. The fraction of sp³-hybridized carbons (Fsp3) is 0.385. The zero-order valence-corrected chi connectivity index (χ0v) is 38.1. The Hall–Kier alpha value is -7.22. The number of hydrogen-bond acceptors (Lipinski definition) is 16. The van der Waals surface area contributed by atoms with E-state index in [9.17, 15) is 10.2 Å². The van der Waals surface area contributed by atoms with Gasteiger partial charge in [-0.2, -0.15) is 0 Å². The van der Waals surface area contributed by atoms with Crippen molar-refractivity contribution in [2.45, 2.75) is 81.6 Å². The summed E-state index contributed by atoms with van der Waals surface area (Å²) in [6.45, 7) is 4.74. The number of aryl methyl sites for hydroxylation is 1. The van der Waals surface area contributed by atoms with E-state index in [1.54, 1.807) is 18.2 Å². The van der Waals surface area contributed by atoms with Crippen molar-refractivity contribution < 1.29 is 10.2 Å². The van der Waals surface area contributed by atoms with Crippen LogP contribution in [0.4, 0.5) is 34.4 Å². The smallest absolute Gasteiger partial charge is 0.169 e. The van der Waals surface area contributed by atoms with Crippen molar-refractivity contribution in [3.63, 3.8) is 0 Å². The van der Waals surface area contributed by atoms with Gasteiger partial charge in [0, 0.05) is 103 Å². The summed E-state index contributed by atoms with van der Waals surface area (Å²) in [4.78, 5) is 19.0. The molecule has 6 aromatic rings. The summed E-state index contributed by atoms with van der Waals surface area (Å²) in [7, 11) is 0. The zero-order valence-electron chi connectivity index (χ0n) is 38.1. The van der Waals surface area contributed by atoms with Crippen molar-refractivity contribution in [3.8, 4) is 45.9 Å². The van der Waals surface area contributed by atoms with Crippen LogP contribution in [0, 0.1) is 17.8 Å². The number of nitrogen functional groups attached to an aromatic ring is 2. The molecule has 0 spiro atoms. The van der Waals surface area contributed by atoms with Crippen LogP contribution in [0.25, 0.3) is 22.5 Å². The average molecular weight is 911 g/mol. The second kappa shape index (κ2) is 18.5. The highest BCUT2D eigenvalue weighted by molar-refractivity contribution is 5.76. The molecule has 5 aliphatic heterocycles. The minimum absolute atomic E-state index is 0.112. The maximum absolute atomic E-state index is 11.2. The van der Waals surface area contributed by atoms with E-state index in [1.165, 1.54) is 5.69 Å². The zero-order chi connectivity index (χ0) is 46.3. The molecule has 4 bridgehead atoms. The Morgan fingerprint density at radius 2 is 1.26 bits per heavy atom. The second-order valence-electron chi connectivity index (χ2n) is 19.1. The normalized spacial score (nSPS) is 23.0. The number of hydrogen-bond donors (Lipinski definition) is 6. The molecule has 9 heterocycles. The minimum Gasteiger partial charge on any atom is -0.507 e. The number of para-hydroxylation sites is 1. The highest BCUT2D eigenvalue weighted by Crippen LogP contribution is 2.42. The molecule has 5 saturated heterocycles. The van der Waals surface area contributed by atoms with E-state index < -0.39 is 0 Å². The van der Waals surface area contributed by atoms with E-state index in [0.717, 1.165) is 118 Å². The van der Waals surface area contributed by atoms with Gasteiger partial charge in [-0.05, 0) is 136 Å². The van der Waals surface area contributed by atoms with E-state index in [0.29, 0.717) is 70.8 Å². The lowest BCUT2D eigenvalue weighted by Crippen LogP contribution is -2.54. The topological polar surface area (TPSA) is 221 Å². The van der Waals surface area contributed by atoms with E-state index in [-0.39, 0.29) is 17.5 Å². The number of phenolic OH excluding ortho intramolecular Hbond substituents is 2. The second-order valence-corrected chi connectivity index (χ2v) is 19.1. The van der Waals surface area contributed by atoms with Gasteiger partial charge in [0.15, 0.2) is 11.6 Å². The highest BCUT2D eigenvalue weighted by atomic mass is 16.3. The molecule has 6 atom stereocenters. The Bertz CT molecular complexity index is 2860. The Labute approximate surface area is 396 Å². The molecule has 9 N–H and O–H groups in total. The van der Waals surface area contributed by atoms with Crippen LogP contribution in [0.3, 0.4) is 0 Å². The van der Waals surface area contributed by atoms with Gasteiger partial charge in [0.2, 0.25) is 0 Å². The van der Waals surface area contributed by atoms with Gasteiger partial charge in [-0.3, -0.25) is 4.98 Å². The predicted octanol–water partition coefficient (Wildman–Crippen LogP) is 5.67.